The Morgan fingerprint density at radius 2 is 1.82 bits per heavy atom. The lowest BCUT2D eigenvalue weighted by Crippen LogP contribution is -2.39. The van der Waals surface area contributed by atoms with Crippen molar-refractivity contribution in [2.24, 2.45) is 4.99 Å². The molecule has 3 aromatic carbocycles. The number of hydrogen-bond acceptors (Lipinski definition) is 7. The van der Waals surface area contributed by atoms with Gasteiger partial charge in [0.15, 0.2) is 4.80 Å². The number of aromatic nitrogens is 2. The number of rotatable bonds is 7. The summed E-state index contributed by atoms with van der Waals surface area (Å²) in [6, 6.07) is 25.0. The number of allylic oxidation sites excluding steroid dienone is 1. The fourth-order valence-electron chi connectivity index (χ4n) is 5.61. The van der Waals surface area contributed by atoms with Gasteiger partial charge in [-0.1, -0.05) is 53.8 Å². The summed E-state index contributed by atoms with van der Waals surface area (Å²) in [5.74, 6) is -0.476. The van der Waals surface area contributed by atoms with Crippen LogP contribution in [0.15, 0.2) is 100 Å². The summed E-state index contributed by atoms with van der Waals surface area (Å²) in [6.45, 7) is 4.40. The van der Waals surface area contributed by atoms with E-state index in [9.17, 15) is 9.59 Å². The summed E-state index contributed by atoms with van der Waals surface area (Å²) in [5.41, 5.74) is 6.14. The predicted molar refractivity (Wildman–Crippen MR) is 173 cm³/mol. The topological polar surface area (TPSA) is 92.6 Å². The zero-order chi connectivity index (χ0) is 31.0. The fraction of sp³-hybridized carbons (Fsp3) is 0.200. The van der Waals surface area contributed by atoms with Crippen LogP contribution in [0.3, 0.4) is 0 Å². The lowest BCUT2D eigenvalue weighted by atomic mass is 9.95. The Labute approximate surface area is 258 Å². The van der Waals surface area contributed by atoms with E-state index in [1.54, 1.807) is 18.4 Å². The van der Waals surface area contributed by atoms with Gasteiger partial charge in [0.2, 0.25) is 0 Å². The third kappa shape index (κ3) is 5.25. The second-order valence-electron chi connectivity index (χ2n) is 10.8. The molecule has 1 aliphatic heterocycles. The Kier molecular flexibility index (Phi) is 7.77. The Balaban J connectivity index is 1.49. The van der Waals surface area contributed by atoms with Gasteiger partial charge in [0.05, 0.1) is 40.1 Å². The number of para-hydroxylation sites is 1. The minimum absolute atomic E-state index is 0.214. The first-order valence-corrected chi connectivity index (χ1v) is 15.1. The van der Waals surface area contributed by atoms with Crippen molar-refractivity contribution in [3.63, 3.8) is 0 Å². The molecule has 0 fully saturated rings. The predicted octanol–water partition coefficient (Wildman–Crippen LogP) is 4.74. The molecule has 5 aromatic rings. The van der Waals surface area contributed by atoms with E-state index in [1.165, 1.54) is 11.3 Å². The van der Waals surface area contributed by atoms with E-state index in [0.29, 0.717) is 32.7 Å². The number of nitriles is 1. The minimum Gasteiger partial charge on any atom is -0.463 e. The average Bonchev–Trinajstić information content (AvgIpc) is 3.53. The number of anilines is 1. The number of nitrogens with zero attached hydrogens (tertiary/aromatic N) is 5. The number of fused-ring (bicyclic) bond motifs is 2. The molecule has 0 radical (unpaired) electrons. The molecule has 1 atom stereocenters. The van der Waals surface area contributed by atoms with Crippen molar-refractivity contribution in [2.75, 3.05) is 25.6 Å². The largest absolute Gasteiger partial charge is 0.463 e. The zero-order valence-electron chi connectivity index (χ0n) is 24.9. The maximum absolute atomic E-state index is 14.2. The third-order valence-corrected chi connectivity index (χ3v) is 8.77. The number of hydrogen-bond donors (Lipinski definition) is 0. The van der Waals surface area contributed by atoms with Gasteiger partial charge in [0.25, 0.3) is 5.56 Å². The highest BCUT2D eigenvalue weighted by Gasteiger charge is 2.33. The molecule has 0 amide bonds. The van der Waals surface area contributed by atoms with Crippen molar-refractivity contribution in [2.45, 2.75) is 26.4 Å². The van der Waals surface area contributed by atoms with Gasteiger partial charge in [-0.3, -0.25) is 9.36 Å². The van der Waals surface area contributed by atoms with Crippen LogP contribution in [0.5, 0.6) is 0 Å². The average molecular weight is 602 g/mol. The van der Waals surface area contributed by atoms with Crippen molar-refractivity contribution in [3.05, 3.63) is 132 Å². The smallest absolute Gasteiger partial charge is 0.338 e. The standard InChI is InChI=1S/C35H31N5O3S/c1-5-43-34(42)31-22(2)37-35-40(32(31)25-14-16-27(17-15-25)38(3)4)33(41)30(44-35)18-26-21-39(29-9-7-6-8-28(26)29)20-24-12-10-23(19-36)11-13-24/h6-18,21,32H,5,20H2,1-4H3/b30-18-/t32-/m0/s1. The van der Waals surface area contributed by atoms with Crippen LogP contribution in [-0.4, -0.2) is 35.8 Å². The van der Waals surface area contributed by atoms with Crippen molar-refractivity contribution in [1.82, 2.24) is 9.13 Å². The van der Waals surface area contributed by atoms with Crippen molar-refractivity contribution < 1.29 is 9.53 Å². The summed E-state index contributed by atoms with van der Waals surface area (Å²) in [6.07, 6.45) is 3.96. The molecule has 0 bridgehead atoms. The molecule has 2 aromatic heterocycles. The molecule has 44 heavy (non-hydrogen) atoms. The highest BCUT2D eigenvalue weighted by molar-refractivity contribution is 7.07. The first-order chi connectivity index (χ1) is 21.3. The quantitative estimate of drug-likeness (QED) is 0.252. The summed E-state index contributed by atoms with van der Waals surface area (Å²) in [7, 11) is 3.93. The van der Waals surface area contributed by atoms with Gasteiger partial charge in [-0.15, -0.1) is 0 Å². The molecule has 0 unspecified atom stereocenters. The number of benzene rings is 3. The molecule has 3 heterocycles. The minimum atomic E-state index is -0.665. The molecule has 6 rings (SSSR count). The van der Waals surface area contributed by atoms with Crippen molar-refractivity contribution >= 4 is 40.0 Å². The van der Waals surface area contributed by atoms with Gasteiger partial charge in [0.1, 0.15) is 0 Å². The molecule has 0 spiro atoms. The van der Waals surface area contributed by atoms with E-state index in [0.717, 1.165) is 33.3 Å². The normalized spacial score (nSPS) is 14.7. The zero-order valence-corrected chi connectivity index (χ0v) is 25.8. The highest BCUT2D eigenvalue weighted by Crippen LogP contribution is 2.32. The number of ether oxygens (including phenoxy) is 1. The molecule has 220 valence electrons. The highest BCUT2D eigenvalue weighted by atomic mass is 32.1. The van der Waals surface area contributed by atoms with E-state index in [2.05, 4.69) is 16.7 Å². The number of carbonyl (C=O) groups excluding carboxylic acids is 1. The Morgan fingerprint density at radius 1 is 1.09 bits per heavy atom. The molecule has 0 saturated heterocycles. The summed E-state index contributed by atoms with van der Waals surface area (Å²) in [5, 5.41) is 10.2. The van der Waals surface area contributed by atoms with Crippen molar-refractivity contribution in [3.8, 4) is 6.07 Å². The van der Waals surface area contributed by atoms with E-state index in [-0.39, 0.29) is 12.2 Å². The maximum atomic E-state index is 14.2. The summed E-state index contributed by atoms with van der Waals surface area (Å²) < 4.78 is 9.73. The molecule has 0 N–H and O–H groups in total. The summed E-state index contributed by atoms with van der Waals surface area (Å²) in [4.78, 5) is 34.7. The Bertz CT molecular complexity index is 2140. The lowest BCUT2D eigenvalue weighted by Gasteiger charge is -2.25. The van der Waals surface area contributed by atoms with Crippen LogP contribution in [0.1, 0.15) is 42.1 Å². The van der Waals surface area contributed by atoms with Gasteiger partial charge in [0, 0.05) is 49.0 Å². The fourth-order valence-corrected chi connectivity index (χ4v) is 6.64. The van der Waals surface area contributed by atoms with Gasteiger partial charge >= 0.3 is 5.97 Å². The molecular weight excluding hydrogens is 570 g/mol. The van der Waals surface area contributed by atoms with Gasteiger partial charge in [-0.2, -0.15) is 5.26 Å². The SMILES string of the molecule is CCOC(=O)C1=C(C)N=c2s/c(=C\c3cn(Cc4ccc(C#N)cc4)c4ccccc34)c(=O)n2[C@H]1c1ccc(N(C)C)cc1. The second kappa shape index (κ2) is 11.8. The number of thiazole rings is 1. The van der Waals surface area contributed by atoms with Crippen LogP contribution in [0, 0.1) is 11.3 Å². The molecule has 9 heteroatoms. The van der Waals surface area contributed by atoms with E-state index < -0.39 is 12.0 Å². The molecular formula is C35H31N5O3S. The monoisotopic (exact) mass is 601 g/mol. The molecule has 8 nitrogen and oxygen atoms in total. The molecule has 1 aliphatic rings. The van der Waals surface area contributed by atoms with Crippen LogP contribution < -0.4 is 19.8 Å². The Hall–Kier alpha value is -5.20. The summed E-state index contributed by atoms with van der Waals surface area (Å²) >= 11 is 1.31. The molecule has 0 aliphatic carbocycles. The van der Waals surface area contributed by atoms with Crippen LogP contribution >= 0.6 is 11.3 Å². The first-order valence-electron chi connectivity index (χ1n) is 14.3. The lowest BCUT2D eigenvalue weighted by molar-refractivity contribution is -0.139. The van der Waals surface area contributed by atoms with Crippen molar-refractivity contribution in [1.29, 1.82) is 5.26 Å². The van der Waals surface area contributed by atoms with Crippen LogP contribution in [0.2, 0.25) is 0 Å². The first kappa shape index (κ1) is 28.9. The van der Waals surface area contributed by atoms with Crippen LogP contribution in [0.4, 0.5) is 5.69 Å². The second-order valence-corrected chi connectivity index (χ2v) is 11.8. The van der Waals surface area contributed by atoms with E-state index in [4.69, 9.17) is 15.0 Å². The van der Waals surface area contributed by atoms with Gasteiger partial charge < -0.3 is 14.2 Å². The van der Waals surface area contributed by atoms with E-state index >= 15 is 0 Å². The number of esters is 1. The van der Waals surface area contributed by atoms with Gasteiger partial charge in [-0.25, -0.2) is 9.79 Å². The maximum Gasteiger partial charge on any atom is 0.338 e. The third-order valence-electron chi connectivity index (χ3n) is 7.78. The molecule has 0 saturated carbocycles. The van der Waals surface area contributed by atoms with E-state index in [1.807, 2.05) is 98.0 Å². The Morgan fingerprint density at radius 3 is 2.50 bits per heavy atom. The van der Waals surface area contributed by atoms with Crippen LogP contribution in [0.25, 0.3) is 17.0 Å². The number of carbonyl (C=O) groups is 1. The van der Waals surface area contributed by atoms with Crippen LogP contribution in [-0.2, 0) is 16.1 Å². The van der Waals surface area contributed by atoms with Gasteiger partial charge in [-0.05, 0) is 61.4 Å².